The second-order valence-electron chi connectivity index (χ2n) is 9.08. The number of halogens is 2. The van der Waals surface area contributed by atoms with Crippen LogP contribution in [0.1, 0.15) is 74.0 Å². The second kappa shape index (κ2) is 11.3. The summed E-state index contributed by atoms with van der Waals surface area (Å²) in [5, 5.41) is 6.23. The molecule has 2 aliphatic rings. The Morgan fingerprint density at radius 2 is 1.70 bits per heavy atom. The Balaban J connectivity index is 1.40. The van der Waals surface area contributed by atoms with Gasteiger partial charge in [0.1, 0.15) is 5.82 Å². The van der Waals surface area contributed by atoms with Crippen molar-refractivity contribution in [3.63, 3.8) is 0 Å². The first-order valence-corrected chi connectivity index (χ1v) is 11.9. The lowest BCUT2D eigenvalue weighted by Crippen LogP contribution is -2.47. The van der Waals surface area contributed by atoms with Gasteiger partial charge in [0.05, 0.1) is 6.04 Å². The maximum absolute atomic E-state index is 13.6. The van der Waals surface area contributed by atoms with Crippen molar-refractivity contribution in [3.05, 3.63) is 59.7 Å². The molecule has 6 nitrogen and oxygen atoms in total. The van der Waals surface area contributed by atoms with Crippen LogP contribution in [0.5, 0.6) is 0 Å². The number of hydrogen-bond acceptors (Lipinski definition) is 4. The number of benzene rings is 1. The normalized spacial score (nSPS) is 22.1. The van der Waals surface area contributed by atoms with E-state index < -0.39 is 17.5 Å². The highest BCUT2D eigenvalue weighted by Gasteiger charge is 2.24. The first kappa shape index (κ1) is 23.3. The molecule has 1 amide bonds. The Morgan fingerprint density at radius 1 is 0.970 bits per heavy atom. The Kier molecular flexibility index (Phi) is 7.96. The van der Waals surface area contributed by atoms with Crippen molar-refractivity contribution in [1.29, 1.82) is 0 Å². The van der Waals surface area contributed by atoms with Crippen molar-refractivity contribution in [3.8, 4) is 0 Å². The molecule has 33 heavy (non-hydrogen) atoms. The summed E-state index contributed by atoms with van der Waals surface area (Å²) in [6.07, 6.45) is 13.9. The lowest BCUT2D eigenvalue weighted by atomic mass is 9.84. The lowest BCUT2D eigenvalue weighted by molar-refractivity contribution is 0.0974. The molecule has 0 bridgehead atoms. The summed E-state index contributed by atoms with van der Waals surface area (Å²) < 4.78 is 26.9. The highest BCUT2D eigenvalue weighted by Crippen LogP contribution is 2.28. The third kappa shape index (κ3) is 6.79. The quantitative estimate of drug-likeness (QED) is 0.512. The standard InChI is InChI=1S/C25H31F2N5O/c26-21-12-9-18(16-22(21)27)24(33)32-25(30-19-5-2-1-3-6-19)31-20-10-7-17(8-11-20)15-23-28-13-4-14-29-23/h4,9,12-14,16-17,19-20H,1-3,5-8,10-11,15H2,(H2,30,31,32,33). The Labute approximate surface area is 193 Å². The molecule has 2 N–H and O–H groups in total. The zero-order valence-electron chi connectivity index (χ0n) is 18.8. The van der Waals surface area contributed by atoms with E-state index >= 15 is 0 Å². The zero-order valence-corrected chi connectivity index (χ0v) is 18.8. The van der Waals surface area contributed by atoms with Crippen molar-refractivity contribution >= 4 is 11.9 Å². The Morgan fingerprint density at radius 3 is 2.39 bits per heavy atom. The first-order chi connectivity index (χ1) is 16.1. The van der Waals surface area contributed by atoms with Gasteiger partial charge in [0.15, 0.2) is 17.6 Å². The molecule has 8 heteroatoms. The maximum atomic E-state index is 13.6. The van der Waals surface area contributed by atoms with Gasteiger partial charge < -0.3 is 5.32 Å². The third-order valence-corrected chi connectivity index (χ3v) is 6.58. The molecule has 1 aromatic carbocycles. The van der Waals surface area contributed by atoms with Crippen molar-refractivity contribution in [2.24, 2.45) is 10.9 Å². The predicted molar refractivity (Wildman–Crippen MR) is 123 cm³/mol. The van der Waals surface area contributed by atoms with Crippen LogP contribution in [0.25, 0.3) is 0 Å². The largest absolute Gasteiger partial charge is 0.353 e. The SMILES string of the molecule is O=C(NC(=NC1CCC(Cc2ncccn2)CC1)NC1CCCCC1)c1ccc(F)c(F)c1. The highest BCUT2D eigenvalue weighted by molar-refractivity contribution is 6.05. The fraction of sp³-hybridized carbons (Fsp3) is 0.520. The van der Waals surface area contributed by atoms with Crippen LogP contribution in [-0.4, -0.2) is 33.9 Å². The van der Waals surface area contributed by atoms with Gasteiger partial charge >= 0.3 is 0 Å². The van der Waals surface area contributed by atoms with E-state index in [1.165, 1.54) is 12.5 Å². The lowest BCUT2D eigenvalue weighted by Gasteiger charge is -2.28. The molecule has 2 aromatic rings. The van der Waals surface area contributed by atoms with Gasteiger partial charge in [0.25, 0.3) is 5.91 Å². The number of hydrogen-bond donors (Lipinski definition) is 2. The number of carbonyl (C=O) groups is 1. The van der Waals surface area contributed by atoms with E-state index in [4.69, 9.17) is 4.99 Å². The van der Waals surface area contributed by atoms with Crippen LogP contribution < -0.4 is 10.6 Å². The number of rotatable bonds is 5. The highest BCUT2D eigenvalue weighted by atomic mass is 19.2. The molecule has 0 spiro atoms. The van der Waals surface area contributed by atoms with E-state index in [2.05, 4.69) is 20.6 Å². The summed E-state index contributed by atoms with van der Waals surface area (Å²) in [7, 11) is 0. The number of amides is 1. The molecular formula is C25H31F2N5O. The average Bonchev–Trinajstić information content (AvgIpc) is 2.83. The zero-order chi connectivity index (χ0) is 23.0. The van der Waals surface area contributed by atoms with Crippen LogP contribution in [0.4, 0.5) is 8.78 Å². The van der Waals surface area contributed by atoms with Gasteiger partial charge in [0.2, 0.25) is 0 Å². The fourth-order valence-electron chi connectivity index (χ4n) is 4.72. The molecule has 1 aromatic heterocycles. The van der Waals surface area contributed by atoms with Gasteiger partial charge in [-0.2, -0.15) is 0 Å². The van der Waals surface area contributed by atoms with Crippen LogP contribution in [0, 0.1) is 17.6 Å². The molecule has 1 heterocycles. The molecule has 176 valence electrons. The predicted octanol–water partition coefficient (Wildman–Crippen LogP) is 4.56. The smallest absolute Gasteiger partial charge is 0.258 e. The number of nitrogens with one attached hydrogen (secondary N) is 2. The molecule has 0 atom stereocenters. The Bertz CT molecular complexity index is 955. The fourth-order valence-corrected chi connectivity index (χ4v) is 4.72. The molecular weight excluding hydrogens is 424 g/mol. The summed E-state index contributed by atoms with van der Waals surface area (Å²) in [4.78, 5) is 26.2. The number of carbonyl (C=O) groups excluding carboxylic acids is 1. The monoisotopic (exact) mass is 455 g/mol. The Hall–Kier alpha value is -2.90. The summed E-state index contributed by atoms with van der Waals surface area (Å²) in [6, 6.07) is 5.35. The molecule has 2 aliphatic carbocycles. The summed E-state index contributed by atoms with van der Waals surface area (Å²) in [5.41, 5.74) is 0.0682. The maximum Gasteiger partial charge on any atom is 0.258 e. The van der Waals surface area contributed by atoms with E-state index in [0.29, 0.717) is 11.9 Å². The molecule has 4 rings (SSSR count). The first-order valence-electron chi connectivity index (χ1n) is 11.9. The number of aromatic nitrogens is 2. The van der Waals surface area contributed by atoms with Gasteiger partial charge in [-0.3, -0.25) is 10.1 Å². The van der Waals surface area contributed by atoms with Gasteiger partial charge in [0, 0.05) is 30.4 Å². The van der Waals surface area contributed by atoms with Crippen LogP contribution in [0.15, 0.2) is 41.7 Å². The second-order valence-corrected chi connectivity index (χ2v) is 9.08. The van der Waals surface area contributed by atoms with Crippen LogP contribution >= 0.6 is 0 Å². The van der Waals surface area contributed by atoms with E-state index in [1.54, 1.807) is 12.4 Å². The van der Waals surface area contributed by atoms with Crippen LogP contribution in [0.3, 0.4) is 0 Å². The van der Waals surface area contributed by atoms with Crippen LogP contribution in [0.2, 0.25) is 0 Å². The molecule has 0 unspecified atom stereocenters. The number of nitrogens with zero attached hydrogens (tertiary/aromatic N) is 3. The molecule has 2 fully saturated rings. The molecule has 0 radical (unpaired) electrons. The molecule has 0 aliphatic heterocycles. The minimum Gasteiger partial charge on any atom is -0.353 e. The minimum absolute atomic E-state index is 0.0682. The van der Waals surface area contributed by atoms with Gasteiger partial charge in [-0.05, 0) is 68.7 Å². The van der Waals surface area contributed by atoms with E-state index in [-0.39, 0.29) is 17.6 Å². The van der Waals surface area contributed by atoms with Crippen molar-refractivity contribution in [2.45, 2.75) is 76.3 Å². The molecule has 2 saturated carbocycles. The molecule has 0 saturated heterocycles. The third-order valence-electron chi connectivity index (χ3n) is 6.58. The van der Waals surface area contributed by atoms with Crippen molar-refractivity contribution < 1.29 is 13.6 Å². The van der Waals surface area contributed by atoms with E-state index in [9.17, 15) is 13.6 Å². The average molecular weight is 456 g/mol. The van der Waals surface area contributed by atoms with E-state index in [1.807, 2.05) is 6.07 Å². The summed E-state index contributed by atoms with van der Waals surface area (Å²) in [6.45, 7) is 0. The van der Waals surface area contributed by atoms with E-state index in [0.717, 1.165) is 75.7 Å². The number of aliphatic imine (C=N–C) groups is 1. The van der Waals surface area contributed by atoms with Crippen LogP contribution in [-0.2, 0) is 6.42 Å². The van der Waals surface area contributed by atoms with Crippen molar-refractivity contribution in [1.82, 2.24) is 20.6 Å². The number of guanidine groups is 1. The summed E-state index contributed by atoms with van der Waals surface area (Å²) in [5.74, 6) is -0.661. The minimum atomic E-state index is -1.04. The summed E-state index contributed by atoms with van der Waals surface area (Å²) >= 11 is 0. The van der Waals surface area contributed by atoms with Gasteiger partial charge in [-0.25, -0.2) is 23.7 Å². The topological polar surface area (TPSA) is 79.3 Å². The van der Waals surface area contributed by atoms with Gasteiger partial charge in [-0.1, -0.05) is 19.3 Å². The van der Waals surface area contributed by atoms with Gasteiger partial charge in [-0.15, -0.1) is 0 Å². The van der Waals surface area contributed by atoms with Crippen molar-refractivity contribution in [2.75, 3.05) is 0 Å².